The molecule has 0 N–H and O–H groups in total. The molecular weight excluding hydrogens is 252 g/mol. The van der Waals surface area contributed by atoms with Crippen LogP contribution in [0.25, 0.3) is 11.1 Å². The summed E-state index contributed by atoms with van der Waals surface area (Å²) in [4.78, 5) is 21.6. The molecule has 3 nitrogen and oxygen atoms in total. The van der Waals surface area contributed by atoms with Gasteiger partial charge in [0.15, 0.2) is 0 Å². The summed E-state index contributed by atoms with van der Waals surface area (Å²) in [6, 6.07) is 17.2. The van der Waals surface area contributed by atoms with Crippen LogP contribution in [0, 0.1) is 5.92 Å². The highest BCUT2D eigenvalue weighted by atomic mass is 17.2. The Balaban J connectivity index is 2.08. The van der Waals surface area contributed by atoms with Crippen molar-refractivity contribution in [2.45, 2.75) is 13.8 Å². The van der Waals surface area contributed by atoms with E-state index in [0.717, 1.165) is 11.1 Å². The molecule has 0 aliphatic rings. The summed E-state index contributed by atoms with van der Waals surface area (Å²) in [7, 11) is 0. The molecule has 0 fully saturated rings. The third-order valence-electron chi connectivity index (χ3n) is 2.74. The van der Waals surface area contributed by atoms with E-state index in [2.05, 4.69) is 0 Å². The molecule has 3 heteroatoms. The summed E-state index contributed by atoms with van der Waals surface area (Å²) in [5, 5.41) is 0. The average molecular weight is 270 g/mol. The fraction of sp³-hybridized carbons (Fsp3) is 0.235. The molecule has 0 saturated carbocycles. The lowest BCUT2D eigenvalue weighted by atomic mass is 10.0. The average Bonchev–Trinajstić information content (AvgIpc) is 2.48. The number of carbonyl (C=O) groups excluding carboxylic acids is 1. The van der Waals surface area contributed by atoms with E-state index >= 15 is 0 Å². The summed E-state index contributed by atoms with van der Waals surface area (Å²) < 4.78 is 0. The van der Waals surface area contributed by atoms with Crippen LogP contribution in [0.1, 0.15) is 24.2 Å². The molecule has 20 heavy (non-hydrogen) atoms. The Kier molecular flexibility index (Phi) is 4.91. The van der Waals surface area contributed by atoms with Gasteiger partial charge >= 0.3 is 5.97 Å². The zero-order valence-corrected chi connectivity index (χ0v) is 11.7. The minimum absolute atomic E-state index is 0.318. The van der Waals surface area contributed by atoms with Gasteiger partial charge in [-0.15, -0.1) is 0 Å². The zero-order valence-electron chi connectivity index (χ0n) is 11.7. The second-order valence-corrected chi connectivity index (χ2v) is 5.00. The minimum atomic E-state index is -0.469. The van der Waals surface area contributed by atoms with Gasteiger partial charge in [0.25, 0.3) is 0 Å². The second-order valence-electron chi connectivity index (χ2n) is 5.00. The van der Waals surface area contributed by atoms with Crippen LogP contribution < -0.4 is 0 Å². The Morgan fingerprint density at radius 2 is 1.70 bits per heavy atom. The number of hydrogen-bond acceptors (Lipinski definition) is 3. The lowest BCUT2D eigenvalue weighted by molar-refractivity contribution is -0.246. The monoisotopic (exact) mass is 270 g/mol. The van der Waals surface area contributed by atoms with Crippen LogP contribution in [0.5, 0.6) is 0 Å². The summed E-state index contributed by atoms with van der Waals surface area (Å²) in [6.45, 7) is 4.37. The maximum absolute atomic E-state index is 11.9. The van der Waals surface area contributed by atoms with Crippen LogP contribution >= 0.6 is 0 Å². The molecule has 2 aromatic rings. The molecule has 0 aromatic heterocycles. The van der Waals surface area contributed by atoms with Crippen LogP contribution in [-0.4, -0.2) is 12.6 Å². The van der Waals surface area contributed by atoms with Gasteiger partial charge in [-0.2, -0.15) is 4.89 Å². The largest absolute Gasteiger partial charge is 0.373 e. The molecule has 0 aliphatic carbocycles. The highest BCUT2D eigenvalue weighted by Gasteiger charge is 2.10. The van der Waals surface area contributed by atoms with E-state index in [0.29, 0.717) is 18.1 Å². The number of rotatable bonds is 5. The van der Waals surface area contributed by atoms with Gasteiger partial charge in [-0.25, -0.2) is 4.79 Å². The van der Waals surface area contributed by atoms with Crippen molar-refractivity contribution in [3.63, 3.8) is 0 Å². The topological polar surface area (TPSA) is 35.5 Å². The van der Waals surface area contributed by atoms with Gasteiger partial charge in [0.05, 0.1) is 12.2 Å². The van der Waals surface area contributed by atoms with Crippen LogP contribution in [0.2, 0.25) is 0 Å². The first-order valence-electron chi connectivity index (χ1n) is 6.66. The van der Waals surface area contributed by atoms with E-state index in [1.807, 2.05) is 56.3 Å². The molecule has 0 aliphatic heterocycles. The molecule has 0 saturated heterocycles. The van der Waals surface area contributed by atoms with Crippen molar-refractivity contribution in [2.24, 2.45) is 5.92 Å². The van der Waals surface area contributed by atoms with Gasteiger partial charge in [-0.1, -0.05) is 56.3 Å². The molecule has 2 rings (SSSR count). The Labute approximate surface area is 119 Å². The predicted octanol–water partition coefficient (Wildman–Crippen LogP) is 4.10. The molecule has 104 valence electrons. The molecular formula is C17H18O3. The second kappa shape index (κ2) is 6.87. The van der Waals surface area contributed by atoms with E-state index in [1.165, 1.54) is 0 Å². The summed E-state index contributed by atoms with van der Waals surface area (Å²) >= 11 is 0. The van der Waals surface area contributed by atoms with Gasteiger partial charge in [0.2, 0.25) is 0 Å². The van der Waals surface area contributed by atoms with Gasteiger partial charge in [-0.05, 0) is 29.2 Å². The lowest BCUT2D eigenvalue weighted by Gasteiger charge is -2.07. The van der Waals surface area contributed by atoms with Crippen LogP contribution in [-0.2, 0) is 9.78 Å². The molecule has 0 atom stereocenters. The first-order valence-corrected chi connectivity index (χ1v) is 6.66. The molecule has 0 amide bonds. The Morgan fingerprint density at radius 3 is 2.40 bits per heavy atom. The Hall–Kier alpha value is -2.13. The Morgan fingerprint density at radius 1 is 1.00 bits per heavy atom. The Bertz CT molecular complexity index is 561. The van der Waals surface area contributed by atoms with E-state index in [9.17, 15) is 4.79 Å². The summed E-state index contributed by atoms with van der Waals surface area (Å²) in [5.74, 6) is -0.151. The predicted molar refractivity (Wildman–Crippen MR) is 78.1 cm³/mol. The van der Waals surface area contributed by atoms with Crippen molar-refractivity contribution in [3.8, 4) is 11.1 Å². The van der Waals surface area contributed by atoms with E-state index in [1.54, 1.807) is 12.1 Å². The van der Waals surface area contributed by atoms with Gasteiger partial charge in [0.1, 0.15) is 0 Å². The van der Waals surface area contributed by atoms with Crippen molar-refractivity contribution in [2.75, 3.05) is 6.61 Å². The standard InChI is InChI=1S/C17H18O3/c1-13(2)12-19-20-17(18)16-10-6-9-15(11-16)14-7-4-3-5-8-14/h3-11,13H,12H2,1-2H3. The normalized spacial score (nSPS) is 10.6. The molecule has 0 heterocycles. The maximum atomic E-state index is 11.9. The number of benzene rings is 2. The van der Waals surface area contributed by atoms with Gasteiger partial charge < -0.3 is 0 Å². The number of carbonyl (C=O) groups is 1. The summed E-state index contributed by atoms with van der Waals surface area (Å²) in [5.41, 5.74) is 2.52. The molecule has 0 radical (unpaired) electrons. The summed E-state index contributed by atoms with van der Waals surface area (Å²) in [6.07, 6.45) is 0. The highest BCUT2D eigenvalue weighted by molar-refractivity contribution is 5.90. The highest BCUT2D eigenvalue weighted by Crippen LogP contribution is 2.20. The third-order valence-corrected chi connectivity index (χ3v) is 2.74. The quantitative estimate of drug-likeness (QED) is 0.606. The van der Waals surface area contributed by atoms with Gasteiger partial charge in [0, 0.05) is 0 Å². The third kappa shape index (κ3) is 3.93. The van der Waals surface area contributed by atoms with E-state index in [-0.39, 0.29) is 0 Å². The first-order chi connectivity index (χ1) is 9.66. The van der Waals surface area contributed by atoms with Gasteiger partial charge in [-0.3, -0.25) is 4.89 Å². The number of hydrogen-bond donors (Lipinski definition) is 0. The van der Waals surface area contributed by atoms with Crippen molar-refractivity contribution in [3.05, 3.63) is 60.2 Å². The van der Waals surface area contributed by atoms with E-state index < -0.39 is 5.97 Å². The lowest BCUT2D eigenvalue weighted by Crippen LogP contribution is -2.09. The fourth-order valence-corrected chi connectivity index (χ4v) is 1.73. The fourth-order valence-electron chi connectivity index (χ4n) is 1.73. The van der Waals surface area contributed by atoms with Crippen LogP contribution in [0.15, 0.2) is 54.6 Å². The molecule has 0 unspecified atom stereocenters. The minimum Gasteiger partial charge on any atom is -0.293 e. The first kappa shape index (κ1) is 14.3. The van der Waals surface area contributed by atoms with Crippen molar-refractivity contribution < 1.29 is 14.6 Å². The van der Waals surface area contributed by atoms with E-state index in [4.69, 9.17) is 9.78 Å². The van der Waals surface area contributed by atoms with Crippen LogP contribution in [0.3, 0.4) is 0 Å². The van der Waals surface area contributed by atoms with Crippen LogP contribution in [0.4, 0.5) is 0 Å². The molecule has 0 spiro atoms. The van der Waals surface area contributed by atoms with Crippen molar-refractivity contribution in [1.29, 1.82) is 0 Å². The van der Waals surface area contributed by atoms with Crippen molar-refractivity contribution in [1.82, 2.24) is 0 Å². The zero-order chi connectivity index (χ0) is 14.4. The molecule has 2 aromatic carbocycles. The smallest absolute Gasteiger partial charge is 0.293 e. The SMILES string of the molecule is CC(C)COOC(=O)c1cccc(-c2ccccc2)c1. The maximum Gasteiger partial charge on any atom is 0.373 e. The van der Waals surface area contributed by atoms with Crippen molar-refractivity contribution >= 4 is 5.97 Å². The molecule has 0 bridgehead atoms.